The molecule has 2 aromatic carbocycles. The highest BCUT2D eigenvalue weighted by Crippen LogP contribution is 2.19. The minimum atomic E-state index is -0.488. The summed E-state index contributed by atoms with van der Waals surface area (Å²) >= 11 is 0. The third-order valence-electron chi connectivity index (χ3n) is 3.98. The van der Waals surface area contributed by atoms with Gasteiger partial charge >= 0.3 is 5.97 Å². The van der Waals surface area contributed by atoms with Crippen LogP contribution in [0.15, 0.2) is 65.6 Å². The normalized spacial score (nSPS) is 10.8. The van der Waals surface area contributed by atoms with Crippen molar-refractivity contribution in [3.63, 3.8) is 0 Å². The largest absolute Gasteiger partial charge is 0.491 e. The number of pyridine rings is 1. The second-order valence-electron chi connectivity index (χ2n) is 6.55. The lowest BCUT2D eigenvalue weighted by molar-refractivity contribution is -0.145. The van der Waals surface area contributed by atoms with E-state index < -0.39 is 5.97 Å². The van der Waals surface area contributed by atoms with Gasteiger partial charge in [-0.2, -0.15) is 0 Å². The summed E-state index contributed by atoms with van der Waals surface area (Å²) in [5, 5.41) is 1.29. The van der Waals surface area contributed by atoms with E-state index in [1.807, 2.05) is 50.2 Å². The van der Waals surface area contributed by atoms with Gasteiger partial charge in [0.2, 0.25) is 0 Å². The van der Waals surface area contributed by atoms with Crippen LogP contribution in [-0.2, 0) is 16.1 Å². The number of nitrogens with zero attached hydrogens (tertiary/aromatic N) is 1. The van der Waals surface area contributed by atoms with Crippen molar-refractivity contribution in [1.29, 1.82) is 0 Å². The number of ether oxygens (including phenoxy) is 3. The van der Waals surface area contributed by atoms with Crippen LogP contribution in [0.2, 0.25) is 0 Å². The Morgan fingerprint density at radius 1 is 1.00 bits per heavy atom. The minimum absolute atomic E-state index is 0.0541. The standard InChI is InChI=1S/C22H23NO5/c1-16(2)28-19-8-9-20-17(14-19)10-11-23(22(20)25)15-21(24)27-13-12-26-18-6-4-3-5-7-18/h3-11,14,16H,12-13,15H2,1-2H3. The van der Waals surface area contributed by atoms with Crippen molar-refractivity contribution in [2.45, 2.75) is 26.5 Å². The molecule has 3 aromatic rings. The number of carbonyl (C=O) groups is 1. The Morgan fingerprint density at radius 3 is 2.54 bits per heavy atom. The van der Waals surface area contributed by atoms with E-state index in [-0.39, 0.29) is 31.4 Å². The molecule has 0 unspecified atom stereocenters. The van der Waals surface area contributed by atoms with Gasteiger partial charge in [0, 0.05) is 11.6 Å². The Bertz CT molecular complexity index is 995. The third-order valence-corrected chi connectivity index (χ3v) is 3.98. The molecule has 0 saturated heterocycles. The van der Waals surface area contributed by atoms with E-state index in [0.717, 1.165) is 5.39 Å². The van der Waals surface area contributed by atoms with E-state index in [1.54, 1.807) is 24.4 Å². The Labute approximate surface area is 163 Å². The maximum Gasteiger partial charge on any atom is 0.326 e. The van der Waals surface area contributed by atoms with Crippen LogP contribution in [0.3, 0.4) is 0 Å². The zero-order chi connectivity index (χ0) is 19.9. The van der Waals surface area contributed by atoms with Gasteiger partial charge < -0.3 is 18.8 Å². The molecular formula is C22H23NO5. The Balaban J connectivity index is 1.58. The van der Waals surface area contributed by atoms with Crippen LogP contribution in [0.5, 0.6) is 11.5 Å². The molecule has 0 aliphatic rings. The second kappa shape index (κ2) is 9.08. The van der Waals surface area contributed by atoms with Gasteiger partial charge in [-0.25, -0.2) is 0 Å². The molecule has 6 heteroatoms. The Hall–Kier alpha value is -3.28. The molecule has 146 valence electrons. The summed E-state index contributed by atoms with van der Waals surface area (Å²) in [5.74, 6) is 0.931. The summed E-state index contributed by atoms with van der Waals surface area (Å²) < 4.78 is 17.6. The topological polar surface area (TPSA) is 66.8 Å². The van der Waals surface area contributed by atoms with Gasteiger partial charge in [-0.1, -0.05) is 18.2 Å². The summed E-state index contributed by atoms with van der Waals surface area (Å²) in [6.45, 7) is 4.11. The van der Waals surface area contributed by atoms with Gasteiger partial charge in [0.05, 0.1) is 6.10 Å². The van der Waals surface area contributed by atoms with E-state index in [9.17, 15) is 9.59 Å². The first kappa shape index (κ1) is 19.5. The number of esters is 1. The van der Waals surface area contributed by atoms with Gasteiger partial charge in [0.15, 0.2) is 0 Å². The third kappa shape index (κ3) is 5.13. The summed E-state index contributed by atoms with van der Waals surface area (Å²) in [6.07, 6.45) is 1.64. The van der Waals surface area contributed by atoms with Crippen LogP contribution in [0, 0.1) is 0 Å². The maximum atomic E-state index is 12.6. The first-order valence-corrected chi connectivity index (χ1v) is 9.16. The molecule has 0 atom stereocenters. The molecule has 3 rings (SSSR count). The molecule has 0 amide bonds. The monoisotopic (exact) mass is 381 g/mol. The number of carbonyl (C=O) groups excluding carboxylic acids is 1. The van der Waals surface area contributed by atoms with Crippen molar-refractivity contribution in [2.75, 3.05) is 13.2 Å². The first-order valence-electron chi connectivity index (χ1n) is 9.16. The number of para-hydroxylation sites is 1. The van der Waals surface area contributed by atoms with Crippen molar-refractivity contribution in [3.8, 4) is 11.5 Å². The molecule has 28 heavy (non-hydrogen) atoms. The maximum absolute atomic E-state index is 12.6. The zero-order valence-corrected chi connectivity index (χ0v) is 16.0. The highest BCUT2D eigenvalue weighted by Gasteiger charge is 2.09. The first-order chi connectivity index (χ1) is 13.5. The van der Waals surface area contributed by atoms with Gasteiger partial charge in [0.1, 0.15) is 31.3 Å². The average Bonchev–Trinajstić information content (AvgIpc) is 2.68. The molecule has 0 bridgehead atoms. The molecule has 0 spiro atoms. The van der Waals surface area contributed by atoms with E-state index in [2.05, 4.69) is 0 Å². The van der Waals surface area contributed by atoms with Gasteiger partial charge in [-0.3, -0.25) is 9.59 Å². The molecule has 0 N–H and O–H groups in total. The van der Waals surface area contributed by atoms with Crippen LogP contribution in [0.1, 0.15) is 13.8 Å². The summed E-state index contributed by atoms with van der Waals surface area (Å²) in [7, 11) is 0. The SMILES string of the molecule is CC(C)Oc1ccc2c(=O)n(CC(=O)OCCOc3ccccc3)ccc2c1. The molecule has 6 nitrogen and oxygen atoms in total. The predicted octanol–water partition coefficient (Wildman–Crippen LogP) is 3.41. The van der Waals surface area contributed by atoms with Crippen molar-refractivity contribution in [1.82, 2.24) is 4.57 Å². The van der Waals surface area contributed by atoms with Crippen LogP contribution >= 0.6 is 0 Å². The number of hydrogen-bond donors (Lipinski definition) is 0. The Kier molecular flexibility index (Phi) is 6.32. The fourth-order valence-electron chi connectivity index (χ4n) is 2.75. The number of hydrogen-bond acceptors (Lipinski definition) is 5. The van der Waals surface area contributed by atoms with E-state index in [4.69, 9.17) is 14.2 Å². The molecule has 0 radical (unpaired) electrons. The lowest BCUT2D eigenvalue weighted by atomic mass is 10.1. The van der Waals surface area contributed by atoms with Crippen LogP contribution < -0.4 is 15.0 Å². The average molecular weight is 381 g/mol. The lowest BCUT2D eigenvalue weighted by Gasteiger charge is -2.11. The smallest absolute Gasteiger partial charge is 0.326 e. The number of benzene rings is 2. The minimum Gasteiger partial charge on any atom is -0.491 e. The zero-order valence-electron chi connectivity index (χ0n) is 16.0. The highest BCUT2D eigenvalue weighted by atomic mass is 16.6. The quantitative estimate of drug-likeness (QED) is 0.442. The van der Waals surface area contributed by atoms with Crippen molar-refractivity contribution >= 4 is 16.7 Å². The molecular weight excluding hydrogens is 358 g/mol. The summed E-state index contributed by atoms with van der Waals surface area (Å²) in [6, 6.07) is 16.4. The van der Waals surface area contributed by atoms with E-state index in [1.165, 1.54) is 4.57 Å². The predicted molar refractivity (Wildman–Crippen MR) is 107 cm³/mol. The molecule has 0 saturated carbocycles. The highest BCUT2D eigenvalue weighted by molar-refractivity contribution is 5.83. The molecule has 1 heterocycles. The van der Waals surface area contributed by atoms with Crippen LogP contribution in [-0.4, -0.2) is 29.9 Å². The number of rotatable bonds is 8. The molecule has 0 aliphatic heterocycles. The van der Waals surface area contributed by atoms with E-state index >= 15 is 0 Å². The molecule has 0 fully saturated rings. The summed E-state index contributed by atoms with van der Waals surface area (Å²) in [4.78, 5) is 24.6. The van der Waals surface area contributed by atoms with Crippen LogP contribution in [0.4, 0.5) is 0 Å². The lowest BCUT2D eigenvalue weighted by Crippen LogP contribution is -2.25. The molecule has 1 aromatic heterocycles. The van der Waals surface area contributed by atoms with E-state index in [0.29, 0.717) is 16.9 Å². The molecule has 0 aliphatic carbocycles. The summed E-state index contributed by atoms with van der Waals surface area (Å²) in [5.41, 5.74) is -0.244. The fraction of sp³-hybridized carbons (Fsp3) is 0.273. The van der Waals surface area contributed by atoms with Crippen molar-refractivity contribution in [3.05, 3.63) is 71.1 Å². The fourth-order valence-corrected chi connectivity index (χ4v) is 2.75. The van der Waals surface area contributed by atoms with Crippen molar-refractivity contribution in [2.24, 2.45) is 0 Å². The van der Waals surface area contributed by atoms with Crippen LogP contribution in [0.25, 0.3) is 10.8 Å². The van der Waals surface area contributed by atoms with Gasteiger partial charge in [-0.15, -0.1) is 0 Å². The Morgan fingerprint density at radius 2 is 1.79 bits per heavy atom. The number of fused-ring (bicyclic) bond motifs is 1. The van der Waals surface area contributed by atoms with Gasteiger partial charge in [0.25, 0.3) is 5.56 Å². The van der Waals surface area contributed by atoms with Gasteiger partial charge in [-0.05, 0) is 55.6 Å². The van der Waals surface area contributed by atoms with Crippen molar-refractivity contribution < 1.29 is 19.0 Å². The number of aromatic nitrogens is 1. The second-order valence-corrected chi connectivity index (χ2v) is 6.55.